The highest BCUT2D eigenvalue weighted by molar-refractivity contribution is 5.62. The summed E-state index contributed by atoms with van der Waals surface area (Å²) in [5.74, 6) is 0.475. The van der Waals surface area contributed by atoms with Crippen LogP contribution in [-0.4, -0.2) is 16.7 Å². The van der Waals surface area contributed by atoms with E-state index in [9.17, 15) is 0 Å². The number of nitrogens with zero attached hydrogens (tertiary/aromatic N) is 3. The van der Waals surface area contributed by atoms with Crippen LogP contribution in [0.2, 0.25) is 0 Å². The summed E-state index contributed by atoms with van der Waals surface area (Å²) in [7, 11) is 0. The van der Waals surface area contributed by atoms with Crippen molar-refractivity contribution in [3.8, 4) is 0 Å². The van der Waals surface area contributed by atoms with Crippen LogP contribution < -0.4 is 10.6 Å². The van der Waals surface area contributed by atoms with Crippen LogP contribution in [0.5, 0.6) is 0 Å². The van der Waals surface area contributed by atoms with Gasteiger partial charge in [0.1, 0.15) is 0 Å². The number of aromatic nitrogens is 2. The normalized spacial score (nSPS) is 14.8. The Hall–Kier alpha value is -1.88. The minimum absolute atomic E-state index is 0.280. The van der Waals surface area contributed by atoms with Gasteiger partial charge in [0.2, 0.25) is 5.89 Å². The SMILES string of the molecule is NCc1nnc(N2CCCc3ccccc32)o1. The lowest BCUT2D eigenvalue weighted by molar-refractivity contribution is 0.492. The second kappa shape index (κ2) is 4.18. The quantitative estimate of drug-likeness (QED) is 0.848. The van der Waals surface area contributed by atoms with E-state index in [2.05, 4.69) is 33.3 Å². The second-order valence-electron chi connectivity index (χ2n) is 4.07. The summed E-state index contributed by atoms with van der Waals surface area (Å²) in [5.41, 5.74) is 7.96. The van der Waals surface area contributed by atoms with E-state index in [0.29, 0.717) is 11.9 Å². The van der Waals surface area contributed by atoms with Crippen LogP contribution in [0.3, 0.4) is 0 Å². The molecular weight excluding hydrogens is 216 g/mol. The molecule has 1 aromatic heterocycles. The van der Waals surface area contributed by atoms with Crippen LogP contribution in [0.1, 0.15) is 17.9 Å². The smallest absolute Gasteiger partial charge is 0.322 e. The standard InChI is InChI=1S/C12H14N4O/c13-8-11-14-15-12(17-11)16-7-3-5-9-4-1-2-6-10(9)16/h1-2,4,6H,3,5,7-8,13H2. The first-order chi connectivity index (χ1) is 8.38. The third kappa shape index (κ3) is 1.78. The number of anilines is 2. The van der Waals surface area contributed by atoms with Crippen molar-refractivity contribution in [3.63, 3.8) is 0 Å². The van der Waals surface area contributed by atoms with E-state index in [0.717, 1.165) is 25.1 Å². The van der Waals surface area contributed by atoms with Crippen molar-refractivity contribution in [1.29, 1.82) is 0 Å². The predicted octanol–water partition coefficient (Wildman–Crippen LogP) is 1.61. The number of hydrogen-bond donors (Lipinski definition) is 1. The molecule has 1 aromatic carbocycles. The summed E-state index contributed by atoms with van der Waals surface area (Å²) in [6.07, 6.45) is 2.20. The Morgan fingerprint density at radius 3 is 3.00 bits per heavy atom. The first-order valence-electron chi connectivity index (χ1n) is 5.76. The molecule has 0 saturated carbocycles. The van der Waals surface area contributed by atoms with Crippen molar-refractivity contribution in [1.82, 2.24) is 10.2 Å². The molecule has 0 aliphatic carbocycles. The second-order valence-corrected chi connectivity index (χ2v) is 4.07. The highest BCUT2D eigenvalue weighted by atomic mass is 16.4. The van der Waals surface area contributed by atoms with Gasteiger partial charge in [-0.25, -0.2) is 0 Å². The maximum atomic E-state index is 5.51. The van der Waals surface area contributed by atoms with Crippen LogP contribution in [0, 0.1) is 0 Å². The van der Waals surface area contributed by atoms with Crippen molar-refractivity contribution in [2.24, 2.45) is 5.73 Å². The average molecular weight is 230 g/mol. The molecule has 0 spiro atoms. The van der Waals surface area contributed by atoms with Gasteiger partial charge in [0.15, 0.2) is 0 Å². The molecule has 2 aromatic rings. The van der Waals surface area contributed by atoms with Crippen LogP contribution in [0.15, 0.2) is 28.7 Å². The number of aryl methyl sites for hydroxylation is 1. The fourth-order valence-electron chi connectivity index (χ4n) is 2.17. The van der Waals surface area contributed by atoms with Crippen molar-refractivity contribution in [3.05, 3.63) is 35.7 Å². The summed E-state index contributed by atoms with van der Waals surface area (Å²) in [4.78, 5) is 2.06. The minimum Gasteiger partial charge on any atom is -0.406 e. The van der Waals surface area contributed by atoms with Gasteiger partial charge in [-0.1, -0.05) is 23.3 Å². The van der Waals surface area contributed by atoms with Gasteiger partial charge in [0.25, 0.3) is 0 Å². The zero-order valence-electron chi connectivity index (χ0n) is 9.47. The number of para-hydroxylation sites is 1. The fraction of sp³-hybridized carbons (Fsp3) is 0.333. The highest BCUT2D eigenvalue weighted by Gasteiger charge is 2.21. The molecule has 0 unspecified atom stereocenters. The molecule has 0 bridgehead atoms. The molecule has 0 amide bonds. The lowest BCUT2D eigenvalue weighted by Crippen LogP contribution is -2.24. The molecule has 3 rings (SSSR count). The summed E-state index contributed by atoms with van der Waals surface area (Å²) in [5, 5.41) is 7.94. The van der Waals surface area contributed by atoms with Crippen molar-refractivity contribution < 1.29 is 4.42 Å². The molecule has 17 heavy (non-hydrogen) atoms. The van der Waals surface area contributed by atoms with E-state index in [-0.39, 0.29) is 6.54 Å². The largest absolute Gasteiger partial charge is 0.406 e. The zero-order valence-corrected chi connectivity index (χ0v) is 9.47. The molecule has 0 radical (unpaired) electrons. The molecule has 2 N–H and O–H groups in total. The summed E-state index contributed by atoms with van der Waals surface area (Å²) in [6, 6.07) is 8.85. The van der Waals surface area contributed by atoms with Gasteiger partial charge in [0.05, 0.1) is 6.54 Å². The van der Waals surface area contributed by atoms with E-state index in [1.807, 2.05) is 6.07 Å². The van der Waals surface area contributed by atoms with Crippen LogP contribution in [0.25, 0.3) is 0 Å². The average Bonchev–Trinajstić information content (AvgIpc) is 2.87. The van der Waals surface area contributed by atoms with E-state index in [1.165, 1.54) is 5.56 Å². The van der Waals surface area contributed by atoms with E-state index < -0.39 is 0 Å². The Balaban J connectivity index is 1.99. The van der Waals surface area contributed by atoms with Gasteiger partial charge in [0, 0.05) is 12.2 Å². The Morgan fingerprint density at radius 2 is 2.18 bits per heavy atom. The number of nitrogens with two attached hydrogens (primary N) is 1. The van der Waals surface area contributed by atoms with Crippen LogP contribution >= 0.6 is 0 Å². The van der Waals surface area contributed by atoms with Crippen LogP contribution in [0.4, 0.5) is 11.7 Å². The van der Waals surface area contributed by atoms with E-state index >= 15 is 0 Å². The number of hydrogen-bond acceptors (Lipinski definition) is 5. The summed E-state index contributed by atoms with van der Waals surface area (Å²) < 4.78 is 5.51. The Kier molecular flexibility index (Phi) is 2.53. The lowest BCUT2D eigenvalue weighted by Gasteiger charge is -2.27. The van der Waals surface area contributed by atoms with Gasteiger partial charge in [-0.05, 0) is 24.5 Å². The van der Waals surface area contributed by atoms with Crippen molar-refractivity contribution >= 4 is 11.7 Å². The Morgan fingerprint density at radius 1 is 1.29 bits per heavy atom. The molecule has 0 atom stereocenters. The maximum Gasteiger partial charge on any atom is 0.322 e. The fourth-order valence-corrected chi connectivity index (χ4v) is 2.17. The number of rotatable bonds is 2. The summed E-state index contributed by atoms with van der Waals surface area (Å²) >= 11 is 0. The van der Waals surface area contributed by atoms with Crippen LogP contribution in [-0.2, 0) is 13.0 Å². The molecular formula is C12H14N4O. The molecule has 0 fully saturated rings. The Bertz CT molecular complexity index is 523. The number of benzene rings is 1. The molecule has 1 aliphatic heterocycles. The van der Waals surface area contributed by atoms with E-state index in [1.54, 1.807) is 0 Å². The molecule has 1 aliphatic rings. The van der Waals surface area contributed by atoms with Gasteiger partial charge < -0.3 is 10.2 Å². The lowest BCUT2D eigenvalue weighted by atomic mass is 10.0. The van der Waals surface area contributed by atoms with Gasteiger partial charge in [-0.2, -0.15) is 0 Å². The molecule has 5 nitrogen and oxygen atoms in total. The maximum absolute atomic E-state index is 5.51. The monoisotopic (exact) mass is 230 g/mol. The third-order valence-electron chi connectivity index (χ3n) is 2.97. The summed E-state index contributed by atoms with van der Waals surface area (Å²) in [6.45, 7) is 1.19. The minimum atomic E-state index is 0.280. The van der Waals surface area contributed by atoms with Gasteiger partial charge in [-0.3, -0.25) is 4.90 Å². The molecule has 88 valence electrons. The molecule has 0 saturated heterocycles. The molecule has 2 heterocycles. The van der Waals surface area contributed by atoms with Crippen molar-refractivity contribution in [2.45, 2.75) is 19.4 Å². The van der Waals surface area contributed by atoms with Gasteiger partial charge >= 0.3 is 6.01 Å². The van der Waals surface area contributed by atoms with E-state index in [4.69, 9.17) is 10.2 Å². The Labute approximate surface area is 99.2 Å². The highest BCUT2D eigenvalue weighted by Crippen LogP contribution is 2.32. The topological polar surface area (TPSA) is 68.2 Å². The van der Waals surface area contributed by atoms with Gasteiger partial charge in [-0.15, -0.1) is 5.10 Å². The molecule has 5 heteroatoms. The number of fused-ring (bicyclic) bond motifs is 1. The first-order valence-corrected chi connectivity index (χ1v) is 5.76. The predicted molar refractivity (Wildman–Crippen MR) is 64.0 cm³/mol. The van der Waals surface area contributed by atoms with Crippen molar-refractivity contribution in [2.75, 3.05) is 11.4 Å². The zero-order chi connectivity index (χ0) is 11.7. The first kappa shape index (κ1) is 10.3. The third-order valence-corrected chi connectivity index (χ3v) is 2.97.